The van der Waals surface area contributed by atoms with Crippen LogP contribution in [0.3, 0.4) is 0 Å². The number of rotatable bonds is 1. The quantitative estimate of drug-likeness (QED) is 0.645. The van der Waals surface area contributed by atoms with Crippen LogP contribution < -0.4 is 0 Å². The Morgan fingerprint density at radius 2 is 2.35 bits per heavy atom. The molecule has 1 aliphatic rings. The molecule has 0 radical (unpaired) electrons. The number of nitrogens with zero attached hydrogens (tertiary/aromatic N) is 1. The van der Waals surface area contributed by atoms with Crippen LogP contribution in [0.4, 0.5) is 0 Å². The van der Waals surface area contributed by atoms with E-state index in [4.69, 9.17) is 0 Å². The minimum Gasteiger partial charge on any atom is -0.762 e. The van der Waals surface area contributed by atoms with Gasteiger partial charge in [-0.3, -0.25) is 9.11 Å². The van der Waals surface area contributed by atoms with E-state index >= 15 is 0 Å². The Bertz CT molecular complexity index is 726. The summed E-state index contributed by atoms with van der Waals surface area (Å²) in [5, 5.41) is 3.29. The molecule has 1 aliphatic heterocycles. The van der Waals surface area contributed by atoms with E-state index in [0.29, 0.717) is 6.04 Å². The summed E-state index contributed by atoms with van der Waals surface area (Å²) in [4.78, 5) is 5.64. The van der Waals surface area contributed by atoms with Crippen LogP contribution in [0.15, 0.2) is 24.4 Å². The summed E-state index contributed by atoms with van der Waals surface area (Å²) in [6.45, 7) is 1.12. The molecule has 2 unspecified atom stereocenters. The third-order valence-electron chi connectivity index (χ3n) is 3.87. The number of likely N-dealkylation sites (tertiary alicyclic amines) is 1. The summed E-state index contributed by atoms with van der Waals surface area (Å²) >= 11 is -2.33. The van der Waals surface area contributed by atoms with Crippen LogP contribution in [0.25, 0.3) is 10.9 Å². The third kappa shape index (κ3) is 2.50. The Morgan fingerprint density at radius 3 is 3.05 bits per heavy atom. The fourth-order valence-corrected chi connectivity index (χ4v) is 3.10. The van der Waals surface area contributed by atoms with Gasteiger partial charge in [0.15, 0.2) is 0 Å². The summed E-state index contributed by atoms with van der Waals surface area (Å²) in [7, 11) is 2.14. The molecule has 3 rings (SSSR count). The van der Waals surface area contributed by atoms with E-state index in [2.05, 4.69) is 34.3 Å². The zero-order valence-electron chi connectivity index (χ0n) is 11.2. The average molecular weight is 287 g/mol. The number of fused-ring (bicyclic) bond motifs is 1. The van der Waals surface area contributed by atoms with Crippen molar-refractivity contribution in [2.75, 3.05) is 13.6 Å². The van der Waals surface area contributed by atoms with Crippen LogP contribution in [0, 0.1) is 11.2 Å². The van der Waals surface area contributed by atoms with Gasteiger partial charge < -0.3 is 9.54 Å². The molecule has 1 aromatic heterocycles. The maximum absolute atomic E-state index is 10.5. The van der Waals surface area contributed by atoms with Crippen LogP contribution in [0.1, 0.15) is 30.0 Å². The van der Waals surface area contributed by atoms with Crippen molar-refractivity contribution in [3.63, 3.8) is 0 Å². The Hall–Kier alpha value is -1.61. The van der Waals surface area contributed by atoms with Gasteiger partial charge in [0.05, 0.1) is 0 Å². The molecule has 0 bridgehead atoms. The maximum Gasteiger partial charge on any atom is 0.0458 e. The number of hydrogen-bond acceptors (Lipinski definition) is 3. The SMILES string of the molecule is CN1CCCC1c1c[nH]c2ccc(C#CS(=O)[O-])cc12. The second-order valence-electron chi connectivity index (χ2n) is 5.10. The van der Waals surface area contributed by atoms with E-state index in [9.17, 15) is 8.76 Å². The first-order valence-corrected chi connectivity index (χ1v) is 7.65. The molecule has 1 aromatic carbocycles. The first kappa shape index (κ1) is 13.4. The van der Waals surface area contributed by atoms with E-state index in [1.54, 1.807) is 0 Å². The zero-order chi connectivity index (χ0) is 14.1. The molecule has 1 fully saturated rings. The average Bonchev–Trinajstić information content (AvgIpc) is 3.01. The largest absolute Gasteiger partial charge is 0.762 e. The highest BCUT2D eigenvalue weighted by molar-refractivity contribution is 7.84. The molecule has 2 heterocycles. The van der Waals surface area contributed by atoms with E-state index in [1.807, 2.05) is 18.2 Å². The van der Waals surface area contributed by atoms with Gasteiger partial charge in [0.25, 0.3) is 0 Å². The lowest BCUT2D eigenvalue weighted by Crippen LogP contribution is -2.17. The summed E-state index contributed by atoms with van der Waals surface area (Å²) in [6, 6.07) is 6.18. The number of aromatic nitrogens is 1. The predicted molar refractivity (Wildman–Crippen MR) is 78.7 cm³/mol. The molecule has 0 spiro atoms. The lowest BCUT2D eigenvalue weighted by atomic mass is 10.0. The van der Waals surface area contributed by atoms with Crippen LogP contribution in [0.2, 0.25) is 0 Å². The van der Waals surface area contributed by atoms with E-state index in [1.165, 1.54) is 12.0 Å². The van der Waals surface area contributed by atoms with Gasteiger partial charge in [0.2, 0.25) is 0 Å². The van der Waals surface area contributed by atoms with Crippen LogP contribution >= 0.6 is 0 Å². The lowest BCUT2D eigenvalue weighted by Gasteiger charge is -2.18. The van der Waals surface area contributed by atoms with Crippen LogP contribution in [0.5, 0.6) is 0 Å². The fraction of sp³-hybridized carbons (Fsp3) is 0.333. The Kier molecular flexibility index (Phi) is 3.62. The van der Waals surface area contributed by atoms with Crippen molar-refractivity contribution < 1.29 is 8.76 Å². The predicted octanol–water partition coefficient (Wildman–Crippen LogP) is 2.12. The molecule has 104 valence electrons. The number of H-pyrrole nitrogens is 1. The zero-order valence-corrected chi connectivity index (χ0v) is 12.0. The molecule has 2 aromatic rings. The van der Waals surface area contributed by atoms with Gasteiger partial charge in [-0.2, -0.15) is 0 Å². The first-order chi connectivity index (χ1) is 9.65. The standard InChI is InChI=1S/C15H16N2O2S/c1-17-7-2-3-15(17)13-10-16-14-5-4-11(9-12(13)14)6-8-20(18)19/h4-5,9-10,15-16H,2-3,7H2,1H3,(H,18,19)/p-1. The molecule has 0 aliphatic carbocycles. The van der Waals surface area contributed by atoms with Crippen molar-refractivity contribution in [3.05, 3.63) is 35.5 Å². The van der Waals surface area contributed by atoms with E-state index < -0.39 is 11.1 Å². The Labute approximate surface area is 120 Å². The topological polar surface area (TPSA) is 59.2 Å². The maximum atomic E-state index is 10.5. The van der Waals surface area contributed by atoms with Crippen LogP contribution in [-0.2, 0) is 11.1 Å². The van der Waals surface area contributed by atoms with E-state index in [0.717, 1.165) is 29.4 Å². The normalized spacial score (nSPS) is 20.8. The number of aromatic amines is 1. The highest BCUT2D eigenvalue weighted by Crippen LogP contribution is 2.35. The summed E-state index contributed by atoms with van der Waals surface area (Å²) in [5.74, 6) is 2.66. The second-order valence-corrected chi connectivity index (χ2v) is 5.78. The summed E-state index contributed by atoms with van der Waals surface area (Å²) in [5.41, 5.74) is 3.06. The molecule has 1 N–H and O–H groups in total. The second kappa shape index (κ2) is 5.41. The first-order valence-electron chi connectivity index (χ1n) is 6.57. The van der Waals surface area contributed by atoms with Gasteiger partial charge >= 0.3 is 0 Å². The van der Waals surface area contributed by atoms with Crippen molar-refractivity contribution in [1.29, 1.82) is 0 Å². The van der Waals surface area contributed by atoms with Crippen molar-refractivity contribution in [3.8, 4) is 11.2 Å². The van der Waals surface area contributed by atoms with Gasteiger partial charge in [-0.1, -0.05) is 5.92 Å². The Morgan fingerprint density at radius 1 is 1.50 bits per heavy atom. The molecule has 0 saturated carbocycles. The molecular weight excluding hydrogens is 272 g/mol. The number of nitrogens with one attached hydrogen (secondary N) is 1. The molecule has 2 atom stereocenters. The molecular formula is C15H15N2O2S-. The van der Waals surface area contributed by atoms with Gasteiger partial charge in [-0.15, -0.1) is 0 Å². The third-order valence-corrected chi connectivity index (χ3v) is 4.14. The Balaban J connectivity index is 2.04. The fourth-order valence-electron chi connectivity index (χ4n) is 2.90. The number of benzene rings is 1. The number of hydrogen-bond donors (Lipinski definition) is 1. The van der Waals surface area contributed by atoms with Gasteiger partial charge in [-0.05, 0) is 55.4 Å². The summed E-state index contributed by atoms with van der Waals surface area (Å²) in [6.07, 6.45) is 4.42. The van der Waals surface area contributed by atoms with Gasteiger partial charge in [0, 0.05) is 39.8 Å². The van der Waals surface area contributed by atoms with Gasteiger partial charge in [-0.25, -0.2) is 0 Å². The van der Waals surface area contributed by atoms with Crippen molar-refractivity contribution in [1.82, 2.24) is 9.88 Å². The molecule has 1 saturated heterocycles. The highest BCUT2D eigenvalue weighted by Gasteiger charge is 2.24. The van der Waals surface area contributed by atoms with Crippen molar-refractivity contribution >= 4 is 22.0 Å². The molecule has 0 amide bonds. The molecule has 4 nitrogen and oxygen atoms in total. The lowest BCUT2D eigenvalue weighted by molar-refractivity contribution is 0.319. The van der Waals surface area contributed by atoms with Crippen molar-refractivity contribution in [2.24, 2.45) is 0 Å². The molecule has 5 heteroatoms. The highest BCUT2D eigenvalue weighted by atomic mass is 32.2. The molecule has 20 heavy (non-hydrogen) atoms. The van der Waals surface area contributed by atoms with Crippen LogP contribution in [-0.4, -0.2) is 32.2 Å². The monoisotopic (exact) mass is 287 g/mol. The minimum absolute atomic E-state index is 0.431. The minimum atomic E-state index is -2.33. The van der Waals surface area contributed by atoms with Crippen molar-refractivity contribution in [2.45, 2.75) is 18.9 Å². The summed E-state index contributed by atoms with van der Waals surface area (Å²) < 4.78 is 21.0. The van der Waals surface area contributed by atoms with Gasteiger partial charge in [0.1, 0.15) is 0 Å². The smallest absolute Gasteiger partial charge is 0.0458 e. The van der Waals surface area contributed by atoms with E-state index in [-0.39, 0.29) is 0 Å².